The number of rotatable bonds is 3. The van der Waals surface area contributed by atoms with E-state index in [0.717, 1.165) is 0 Å². The summed E-state index contributed by atoms with van der Waals surface area (Å²) in [6.45, 7) is 8.92. The van der Waals surface area contributed by atoms with E-state index in [-0.39, 0.29) is 11.5 Å². The van der Waals surface area contributed by atoms with Crippen LogP contribution in [0.15, 0.2) is 0 Å². The summed E-state index contributed by atoms with van der Waals surface area (Å²) < 4.78 is 0. The Morgan fingerprint density at radius 3 is 1.86 bits per heavy atom. The molecule has 4 heteroatoms. The van der Waals surface area contributed by atoms with Crippen LogP contribution in [0.2, 0.25) is 0 Å². The molecular weight excluding hydrogens is 182 g/mol. The van der Waals surface area contributed by atoms with Crippen LogP contribution in [0.5, 0.6) is 0 Å². The quantitative estimate of drug-likeness (QED) is 0.675. The Morgan fingerprint density at radius 2 is 1.64 bits per heavy atom. The minimum atomic E-state index is -1.07. The number of carbonyl (C=O) groups excluding carboxylic acids is 1. The van der Waals surface area contributed by atoms with Crippen LogP contribution >= 0.6 is 0 Å². The number of carboxylic acid groups (broad SMARTS) is 1. The first-order valence-corrected chi connectivity index (χ1v) is 4.70. The highest BCUT2D eigenvalue weighted by Gasteiger charge is 2.31. The summed E-state index contributed by atoms with van der Waals surface area (Å²) in [5, 5.41) is 11.5. The lowest BCUT2D eigenvalue weighted by Crippen LogP contribution is -2.47. The maximum Gasteiger partial charge on any atom is 0.316 e. The largest absolute Gasteiger partial charge is 0.481 e. The fourth-order valence-corrected chi connectivity index (χ4v) is 1.15. The molecule has 0 aliphatic carbocycles. The Hall–Kier alpha value is -1.06. The molecule has 1 atom stereocenters. The summed E-state index contributed by atoms with van der Waals surface area (Å²) in [5.41, 5.74) is -0.389. The van der Waals surface area contributed by atoms with E-state index in [4.69, 9.17) is 5.11 Å². The summed E-state index contributed by atoms with van der Waals surface area (Å²) in [6, 6.07) is 0. The fraction of sp³-hybridized carbons (Fsp3) is 0.800. The standard InChI is InChI=1S/C10H19NO3/c1-6(2)7(9(13)14)8(12)11-10(3,4)5/h6-7H,1-5H3,(H,11,12)(H,13,14). The topological polar surface area (TPSA) is 66.4 Å². The van der Waals surface area contributed by atoms with Gasteiger partial charge >= 0.3 is 5.97 Å². The van der Waals surface area contributed by atoms with Gasteiger partial charge in [-0.1, -0.05) is 13.8 Å². The minimum Gasteiger partial charge on any atom is -0.481 e. The van der Waals surface area contributed by atoms with Crippen molar-refractivity contribution < 1.29 is 14.7 Å². The van der Waals surface area contributed by atoms with Gasteiger partial charge in [0.15, 0.2) is 0 Å². The van der Waals surface area contributed by atoms with Crippen LogP contribution in [0.3, 0.4) is 0 Å². The summed E-state index contributed by atoms with van der Waals surface area (Å²) >= 11 is 0. The molecule has 0 rings (SSSR count). The van der Waals surface area contributed by atoms with Crippen molar-refractivity contribution in [2.24, 2.45) is 11.8 Å². The highest BCUT2D eigenvalue weighted by molar-refractivity contribution is 5.97. The first kappa shape index (κ1) is 12.9. The van der Waals surface area contributed by atoms with Crippen molar-refractivity contribution in [1.29, 1.82) is 0 Å². The van der Waals surface area contributed by atoms with Crippen LogP contribution < -0.4 is 5.32 Å². The number of hydrogen-bond donors (Lipinski definition) is 2. The molecule has 0 aliphatic heterocycles. The van der Waals surface area contributed by atoms with E-state index in [2.05, 4.69) is 5.32 Å². The number of hydrogen-bond acceptors (Lipinski definition) is 2. The summed E-state index contributed by atoms with van der Waals surface area (Å²) in [4.78, 5) is 22.4. The molecule has 0 saturated heterocycles. The van der Waals surface area contributed by atoms with Gasteiger partial charge < -0.3 is 10.4 Å². The Labute approximate surface area is 84.7 Å². The molecule has 0 heterocycles. The van der Waals surface area contributed by atoms with Crippen LogP contribution in [0.25, 0.3) is 0 Å². The Balaban J connectivity index is 4.55. The van der Waals surface area contributed by atoms with Crippen LogP contribution in [0.4, 0.5) is 0 Å². The highest BCUT2D eigenvalue weighted by Crippen LogP contribution is 2.13. The number of carbonyl (C=O) groups is 2. The second kappa shape index (κ2) is 4.44. The van der Waals surface area contributed by atoms with E-state index in [1.54, 1.807) is 13.8 Å². The average Bonchev–Trinajstić information content (AvgIpc) is 1.78. The van der Waals surface area contributed by atoms with Crippen molar-refractivity contribution in [2.75, 3.05) is 0 Å². The van der Waals surface area contributed by atoms with Gasteiger partial charge in [0.25, 0.3) is 0 Å². The van der Waals surface area contributed by atoms with Gasteiger partial charge in [-0.2, -0.15) is 0 Å². The molecule has 82 valence electrons. The summed E-state index contributed by atoms with van der Waals surface area (Å²) in [6.07, 6.45) is 0. The number of carboxylic acids is 1. The second-order valence-electron chi connectivity index (χ2n) is 4.80. The van der Waals surface area contributed by atoms with Crippen molar-refractivity contribution >= 4 is 11.9 Å². The van der Waals surface area contributed by atoms with E-state index in [9.17, 15) is 9.59 Å². The molecule has 0 bridgehead atoms. The van der Waals surface area contributed by atoms with Crippen LogP contribution in [0.1, 0.15) is 34.6 Å². The molecule has 0 aromatic rings. The Kier molecular flexibility index (Phi) is 4.10. The molecule has 0 fully saturated rings. The lowest BCUT2D eigenvalue weighted by Gasteiger charge is -2.24. The Bertz CT molecular complexity index is 228. The lowest BCUT2D eigenvalue weighted by atomic mass is 9.94. The second-order valence-corrected chi connectivity index (χ2v) is 4.80. The molecule has 1 amide bonds. The van der Waals surface area contributed by atoms with Gasteiger partial charge in [-0.15, -0.1) is 0 Å². The third kappa shape index (κ3) is 4.25. The number of nitrogens with one attached hydrogen (secondary N) is 1. The fourth-order valence-electron chi connectivity index (χ4n) is 1.15. The average molecular weight is 201 g/mol. The van der Waals surface area contributed by atoms with Gasteiger partial charge in [0, 0.05) is 5.54 Å². The smallest absolute Gasteiger partial charge is 0.316 e. The van der Waals surface area contributed by atoms with Crippen LogP contribution in [0, 0.1) is 11.8 Å². The molecule has 2 N–H and O–H groups in total. The van der Waals surface area contributed by atoms with Gasteiger partial charge in [-0.25, -0.2) is 0 Å². The van der Waals surface area contributed by atoms with Crippen molar-refractivity contribution in [3.05, 3.63) is 0 Å². The van der Waals surface area contributed by atoms with Gasteiger partial charge in [-0.3, -0.25) is 9.59 Å². The van der Waals surface area contributed by atoms with E-state index in [1.165, 1.54) is 0 Å². The SMILES string of the molecule is CC(C)C(C(=O)O)C(=O)NC(C)(C)C. The van der Waals surface area contributed by atoms with E-state index in [1.807, 2.05) is 20.8 Å². The lowest BCUT2D eigenvalue weighted by molar-refractivity contribution is -0.149. The summed E-state index contributed by atoms with van der Waals surface area (Å²) in [5.74, 6) is -2.65. The van der Waals surface area contributed by atoms with E-state index >= 15 is 0 Å². The monoisotopic (exact) mass is 201 g/mol. The first-order chi connectivity index (χ1) is 6.15. The zero-order valence-electron chi connectivity index (χ0n) is 9.42. The van der Waals surface area contributed by atoms with E-state index in [0.29, 0.717) is 0 Å². The maximum absolute atomic E-state index is 11.5. The van der Waals surface area contributed by atoms with Crippen molar-refractivity contribution in [1.82, 2.24) is 5.32 Å². The Morgan fingerprint density at radius 1 is 1.21 bits per heavy atom. The van der Waals surface area contributed by atoms with Crippen molar-refractivity contribution in [3.8, 4) is 0 Å². The van der Waals surface area contributed by atoms with Crippen molar-refractivity contribution in [3.63, 3.8) is 0 Å². The molecule has 0 aromatic heterocycles. The minimum absolute atomic E-state index is 0.199. The normalized spacial score (nSPS) is 13.9. The third-order valence-corrected chi connectivity index (χ3v) is 1.71. The molecule has 0 radical (unpaired) electrons. The predicted molar refractivity (Wildman–Crippen MR) is 53.9 cm³/mol. The third-order valence-electron chi connectivity index (χ3n) is 1.71. The van der Waals surface area contributed by atoms with Gasteiger partial charge in [0.2, 0.25) is 5.91 Å². The molecule has 0 saturated carbocycles. The van der Waals surface area contributed by atoms with Crippen LogP contribution in [-0.4, -0.2) is 22.5 Å². The molecule has 0 spiro atoms. The number of aliphatic carboxylic acids is 1. The van der Waals surface area contributed by atoms with Crippen molar-refractivity contribution in [2.45, 2.75) is 40.2 Å². The molecule has 1 unspecified atom stereocenters. The summed E-state index contributed by atoms with van der Waals surface area (Å²) in [7, 11) is 0. The molecule has 0 aromatic carbocycles. The highest BCUT2D eigenvalue weighted by atomic mass is 16.4. The zero-order valence-corrected chi connectivity index (χ0v) is 9.42. The molecule has 0 aliphatic rings. The van der Waals surface area contributed by atoms with Gasteiger partial charge in [-0.05, 0) is 26.7 Å². The first-order valence-electron chi connectivity index (χ1n) is 4.70. The van der Waals surface area contributed by atoms with Gasteiger partial charge in [0.05, 0.1) is 0 Å². The van der Waals surface area contributed by atoms with Crippen LogP contribution in [-0.2, 0) is 9.59 Å². The van der Waals surface area contributed by atoms with E-state index < -0.39 is 17.8 Å². The maximum atomic E-state index is 11.5. The molecule has 4 nitrogen and oxygen atoms in total. The molecular formula is C10H19NO3. The number of amides is 1. The predicted octanol–water partition coefficient (Wildman–Crippen LogP) is 1.26. The zero-order chi connectivity index (χ0) is 11.5. The molecule has 14 heavy (non-hydrogen) atoms. The van der Waals surface area contributed by atoms with Gasteiger partial charge in [0.1, 0.15) is 5.92 Å².